The van der Waals surface area contributed by atoms with Crippen molar-refractivity contribution in [3.8, 4) is 0 Å². The summed E-state index contributed by atoms with van der Waals surface area (Å²) in [5.41, 5.74) is 2.49. The number of hydrogen-bond donors (Lipinski definition) is 1. The summed E-state index contributed by atoms with van der Waals surface area (Å²) >= 11 is 0. The summed E-state index contributed by atoms with van der Waals surface area (Å²) in [4.78, 5) is 4.01. The molecule has 1 N–H and O–H groups in total. The van der Waals surface area contributed by atoms with Crippen LogP contribution in [0.2, 0.25) is 0 Å². The van der Waals surface area contributed by atoms with E-state index in [9.17, 15) is 0 Å². The van der Waals surface area contributed by atoms with E-state index in [-0.39, 0.29) is 6.10 Å². The zero-order valence-electron chi connectivity index (χ0n) is 7.62. The average molecular weight is 165 g/mol. The summed E-state index contributed by atoms with van der Waals surface area (Å²) in [7, 11) is 0. The molecule has 0 saturated carbocycles. The molecule has 0 saturated heterocycles. The number of nitrogens with zero attached hydrogens (tertiary/aromatic N) is 1. The SMILES string of the molecule is Cc1cnccc1CC[C@H](C)O. The molecular formula is C10H15NO. The van der Waals surface area contributed by atoms with Gasteiger partial charge in [-0.3, -0.25) is 4.98 Å². The lowest BCUT2D eigenvalue weighted by atomic mass is 10.1. The van der Waals surface area contributed by atoms with Gasteiger partial charge in [-0.1, -0.05) is 0 Å². The first-order chi connectivity index (χ1) is 5.70. The third-order valence-electron chi connectivity index (χ3n) is 1.97. The smallest absolute Gasteiger partial charge is 0.0515 e. The standard InChI is InChI=1S/C10H15NO/c1-8-7-11-6-5-10(8)4-3-9(2)12/h5-7,9,12H,3-4H2,1-2H3/t9-/m0/s1. The molecule has 0 unspecified atom stereocenters. The fourth-order valence-corrected chi connectivity index (χ4v) is 1.15. The van der Waals surface area contributed by atoms with Gasteiger partial charge in [0.25, 0.3) is 0 Å². The molecule has 0 radical (unpaired) electrons. The van der Waals surface area contributed by atoms with Gasteiger partial charge in [0.1, 0.15) is 0 Å². The first-order valence-electron chi connectivity index (χ1n) is 4.27. The van der Waals surface area contributed by atoms with Crippen LogP contribution in [0.25, 0.3) is 0 Å². The maximum atomic E-state index is 9.09. The van der Waals surface area contributed by atoms with Crippen molar-refractivity contribution in [3.05, 3.63) is 29.6 Å². The van der Waals surface area contributed by atoms with E-state index < -0.39 is 0 Å². The molecule has 1 atom stereocenters. The maximum Gasteiger partial charge on any atom is 0.0515 e. The molecule has 2 heteroatoms. The molecule has 0 fully saturated rings. The molecule has 2 nitrogen and oxygen atoms in total. The number of hydrogen-bond acceptors (Lipinski definition) is 2. The van der Waals surface area contributed by atoms with Crippen LogP contribution in [0.1, 0.15) is 24.5 Å². The number of aliphatic hydroxyl groups is 1. The highest BCUT2D eigenvalue weighted by atomic mass is 16.3. The molecule has 1 aromatic heterocycles. The summed E-state index contributed by atoms with van der Waals surface area (Å²) in [5, 5.41) is 9.09. The fraction of sp³-hybridized carbons (Fsp3) is 0.500. The van der Waals surface area contributed by atoms with Crippen molar-refractivity contribution in [1.82, 2.24) is 4.98 Å². The van der Waals surface area contributed by atoms with Gasteiger partial charge in [0.05, 0.1) is 6.10 Å². The Morgan fingerprint density at radius 1 is 1.58 bits per heavy atom. The Balaban J connectivity index is 2.57. The predicted octanol–water partition coefficient (Wildman–Crippen LogP) is 1.70. The van der Waals surface area contributed by atoms with Crippen LogP contribution < -0.4 is 0 Å². The molecule has 66 valence electrons. The molecule has 1 rings (SSSR count). The van der Waals surface area contributed by atoms with Crippen LogP contribution >= 0.6 is 0 Å². The molecule has 1 aromatic rings. The molecule has 1 heterocycles. The number of aryl methyl sites for hydroxylation is 2. The van der Waals surface area contributed by atoms with E-state index in [1.54, 1.807) is 6.20 Å². The van der Waals surface area contributed by atoms with E-state index in [1.165, 1.54) is 11.1 Å². The molecule has 0 spiro atoms. The largest absolute Gasteiger partial charge is 0.393 e. The quantitative estimate of drug-likeness (QED) is 0.739. The van der Waals surface area contributed by atoms with Crippen LogP contribution in [0.5, 0.6) is 0 Å². The van der Waals surface area contributed by atoms with Gasteiger partial charge in [0, 0.05) is 12.4 Å². The van der Waals surface area contributed by atoms with Crippen molar-refractivity contribution < 1.29 is 5.11 Å². The van der Waals surface area contributed by atoms with Gasteiger partial charge < -0.3 is 5.11 Å². The molecule has 0 aliphatic carbocycles. The van der Waals surface area contributed by atoms with E-state index >= 15 is 0 Å². The lowest BCUT2D eigenvalue weighted by molar-refractivity contribution is 0.185. The van der Waals surface area contributed by atoms with E-state index in [2.05, 4.69) is 4.98 Å². The Bertz CT molecular complexity index is 245. The number of aliphatic hydroxyl groups excluding tert-OH is 1. The number of pyridine rings is 1. The van der Waals surface area contributed by atoms with Gasteiger partial charge in [-0.2, -0.15) is 0 Å². The minimum absolute atomic E-state index is 0.211. The Hall–Kier alpha value is -0.890. The van der Waals surface area contributed by atoms with Crippen molar-refractivity contribution in [2.75, 3.05) is 0 Å². The van der Waals surface area contributed by atoms with E-state index in [1.807, 2.05) is 26.1 Å². The second kappa shape index (κ2) is 4.21. The normalized spacial score (nSPS) is 12.9. The van der Waals surface area contributed by atoms with E-state index in [0.717, 1.165) is 12.8 Å². The summed E-state index contributed by atoms with van der Waals surface area (Å²) < 4.78 is 0. The second-order valence-corrected chi connectivity index (χ2v) is 3.19. The molecule has 0 amide bonds. The zero-order valence-corrected chi connectivity index (χ0v) is 7.62. The van der Waals surface area contributed by atoms with Gasteiger partial charge in [-0.05, 0) is 43.9 Å². The van der Waals surface area contributed by atoms with Crippen LogP contribution in [0.15, 0.2) is 18.5 Å². The van der Waals surface area contributed by atoms with Crippen molar-refractivity contribution in [2.45, 2.75) is 32.8 Å². The van der Waals surface area contributed by atoms with Crippen LogP contribution in [0.3, 0.4) is 0 Å². The number of rotatable bonds is 3. The minimum atomic E-state index is -0.211. The van der Waals surface area contributed by atoms with Gasteiger partial charge >= 0.3 is 0 Å². The number of aromatic nitrogens is 1. The zero-order chi connectivity index (χ0) is 8.97. The highest BCUT2D eigenvalue weighted by Gasteiger charge is 1.99. The summed E-state index contributed by atoms with van der Waals surface area (Å²) in [5.74, 6) is 0. The third kappa shape index (κ3) is 2.62. The van der Waals surface area contributed by atoms with Crippen molar-refractivity contribution >= 4 is 0 Å². The second-order valence-electron chi connectivity index (χ2n) is 3.19. The van der Waals surface area contributed by atoms with Crippen LogP contribution in [0, 0.1) is 6.92 Å². The molecule has 0 aliphatic heterocycles. The van der Waals surface area contributed by atoms with Crippen LogP contribution in [0.4, 0.5) is 0 Å². The van der Waals surface area contributed by atoms with Gasteiger partial charge in [-0.25, -0.2) is 0 Å². The summed E-state index contributed by atoms with van der Waals surface area (Å²) in [6.45, 7) is 3.86. The monoisotopic (exact) mass is 165 g/mol. The molecule has 0 bridgehead atoms. The highest BCUT2D eigenvalue weighted by molar-refractivity contribution is 5.21. The lowest BCUT2D eigenvalue weighted by Gasteiger charge is -2.05. The first-order valence-corrected chi connectivity index (χ1v) is 4.27. The lowest BCUT2D eigenvalue weighted by Crippen LogP contribution is -2.02. The van der Waals surface area contributed by atoms with Crippen LogP contribution in [-0.4, -0.2) is 16.2 Å². The predicted molar refractivity (Wildman–Crippen MR) is 49.0 cm³/mol. The van der Waals surface area contributed by atoms with E-state index in [4.69, 9.17) is 5.11 Å². The van der Waals surface area contributed by atoms with Gasteiger partial charge in [0.15, 0.2) is 0 Å². The van der Waals surface area contributed by atoms with Gasteiger partial charge in [0.2, 0.25) is 0 Å². The van der Waals surface area contributed by atoms with Crippen LogP contribution in [-0.2, 0) is 6.42 Å². The first kappa shape index (κ1) is 9.20. The Kier molecular flexibility index (Phi) is 3.23. The fourth-order valence-electron chi connectivity index (χ4n) is 1.15. The summed E-state index contributed by atoms with van der Waals surface area (Å²) in [6, 6.07) is 2.01. The maximum absolute atomic E-state index is 9.09. The average Bonchev–Trinajstić information content (AvgIpc) is 2.03. The molecule has 12 heavy (non-hydrogen) atoms. The molecule has 0 aromatic carbocycles. The Labute approximate surface area is 73.3 Å². The van der Waals surface area contributed by atoms with Crippen molar-refractivity contribution in [3.63, 3.8) is 0 Å². The Morgan fingerprint density at radius 2 is 2.33 bits per heavy atom. The highest BCUT2D eigenvalue weighted by Crippen LogP contribution is 2.08. The van der Waals surface area contributed by atoms with Crippen molar-refractivity contribution in [1.29, 1.82) is 0 Å². The van der Waals surface area contributed by atoms with E-state index in [0.29, 0.717) is 0 Å². The summed E-state index contributed by atoms with van der Waals surface area (Å²) in [6.07, 6.45) is 5.20. The topological polar surface area (TPSA) is 33.1 Å². The molecular weight excluding hydrogens is 150 g/mol. The molecule has 0 aliphatic rings. The van der Waals surface area contributed by atoms with Gasteiger partial charge in [-0.15, -0.1) is 0 Å². The third-order valence-corrected chi connectivity index (χ3v) is 1.97. The Morgan fingerprint density at radius 3 is 2.92 bits per heavy atom. The minimum Gasteiger partial charge on any atom is -0.393 e. The van der Waals surface area contributed by atoms with Crippen molar-refractivity contribution in [2.24, 2.45) is 0 Å².